The van der Waals surface area contributed by atoms with E-state index >= 15 is 0 Å². The topological polar surface area (TPSA) is 74.2 Å². The summed E-state index contributed by atoms with van der Waals surface area (Å²) < 4.78 is 39.9. The quantitative estimate of drug-likeness (QED) is 0.124. The van der Waals surface area contributed by atoms with Crippen LogP contribution in [-0.2, 0) is 28.8 Å². The van der Waals surface area contributed by atoms with Gasteiger partial charge in [0.15, 0.2) is 6.29 Å². The molecule has 1 heterocycles. The SMILES string of the molecule is CCOC(=O)/C=C\CC1C(CO[Si](c2ccccc2)(c2ccccc2)C(C)(C)C)C(OC2CCCCO2)CC1(CO)c1ccc(F)cc1. The van der Waals surface area contributed by atoms with Gasteiger partial charge in [0.05, 0.1) is 19.3 Å². The molecule has 5 atom stereocenters. The molecule has 0 spiro atoms. The summed E-state index contributed by atoms with van der Waals surface area (Å²) in [5.41, 5.74) is 0.0675. The lowest BCUT2D eigenvalue weighted by atomic mass is 9.69. The van der Waals surface area contributed by atoms with Crippen molar-refractivity contribution in [3.63, 3.8) is 0 Å². The second kappa shape index (κ2) is 16.0. The molecule has 2 aliphatic rings. The van der Waals surface area contributed by atoms with E-state index in [4.69, 9.17) is 18.6 Å². The van der Waals surface area contributed by atoms with Crippen molar-refractivity contribution in [1.29, 1.82) is 0 Å². The zero-order valence-corrected chi connectivity index (χ0v) is 29.8. The Morgan fingerprint density at radius 2 is 1.65 bits per heavy atom. The molecule has 1 saturated heterocycles. The van der Waals surface area contributed by atoms with Crippen molar-refractivity contribution in [2.75, 3.05) is 26.4 Å². The second-order valence-corrected chi connectivity index (χ2v) is 18.4. The number of hydrogen-bond acceptors (Lipinski definition) is 6. The minimum atomic E-state index is -2.92. The Labute approximate surface area is 286 Å². The Morgan fingerprint density at radius 1 is 1.00 bits per heavy atom. The zero-order chi connectivity index (χ0) is 34.2. The summed E-state index contributed by atoms with van der Waals surface area (Å²) in [5, 5.41) is 13.5. The number of hydrogen-bond donors (Lipinski definition) is 1. The number of aliphatic hydroxyl groups is 1. The van der Waals surface area contributed by atoms with Crippen LogP contribution in [0.2, 0.25) is 5.04 Å². The van der Waals surface area contributed by atoms with E-state index in [2.05, 4.69) is 69.3 Å². The van der Waals surface area contributed by atoms with E-state index in [-0.39, 0.29) is 48.3 Å². The van der Waals surface area contributed by atoms with Crippen LogP contribution in [0.1, 0.15) is 65.4 Å². The van der Waals surface area contributed by atoms with Crippen molar-refractivity contribution < 1.29 is 32.9 Å². The molecule has 1 aliphatic carbocycles. The molecule has 5 rings (SSSR count). The van der Waals surface area contributed by atoms with Crippen LogP contribution in [0.15, 0.2) is 97.1 Å². The maximum atomic E-state index is 14.2. The molecule has 258 valence electrons. The van der Waals surface area contributed by atoms with E-state index < -0.39 is 19.7 Å². The molecule has 3 aromatic rings. The van der Waals surface area contributed by atoms with Gasteiger partial charge in [-0.1, -0.05) is 99.6 Å². The predicted octanol–water partition coefficient (Wildman–Crippen LogP) is 6.69. The minimum absolute atomic E-state index is 0.169. The molecule has 48 heavy (non-hydrogen) atoms. The van der Waals surface area contributed by atoms with Crippen molar-refractivity contribution in [3.05, 3.63) is 108 Å². The van der Waals surface area contributed by atoms with Crippen LogP contribution < -0.4 is 10.4 Å². The summed E-state index contributed by atoms with van der Waals surface area (Å²) in [6, 6.07) is 27.5. The number of ether oxygens (including phenoxy) is 3. The van der Waals surface area contributed by atoms with Gasteiger partial charge in [-0.2, -0.15) is 0 Å². The molecule has 1 N–H and O–H groups in total. The maximum absolute atomic E-state index is 14.2. The van der Waals surface area contributed by atoms with Gasteiger partial charge in [0.2, 0.25) is 0 Å². The van der Waals surface area contributed by atoms with Crippen molar-refractivity contribution in [2.45, 2.75) is 82.6 Å². The van der Waals surface area contributed by atoms with E-state index in [9.17, 15) is 14.3 Å². The first-order valence-electron chi connectivity index (χ1n) is 17.4. The largest absolute Gasteiger partial charge is 0.463 e. The fourth-order valence-electron chi connectivity index (χ4n) is 7.99. The molecule has 8 heteroatoms. The summed E-state index contributed by atoms with van der Waals surface area (Å²) >= 11 is 0. The highest BCUT2D eigenvalue weighted by Crippen LogP contribution is 2.53. The van der Waals surface area contributed by atoms with Gasteiger partial charge in [-0.05, 0) is 78.1 Å². The lowest BCUT2D eigenvalue weighted by molar-refractivity contribution is -0.197. The Kier molecular flexibility index (Phi) is 12.1. The molecule has 5 unspecified atom stereocenters. The summed E-state index contributed by atoms with van der Waals surface area (Å²) in [5.74, 6) is -1.12. The summed E-state index contributed by atoms with van der Waals surface area (Å²) in [4.78, 5) is 12.4. The van der Waals surface area contributed by atoms with Crippen molar-refractivity contribution in [1.82, 2.24) is 0 Å². The molecule has 0 aromatic heterocycles. The minimum Gasteiger partial charge on any atom is -0.463 e. The molecule has 2 fully saturated rings. The highest BCUT2D eigenvalue weighted by molar-refractivity contribution is 6.99. The average molecular weight is 675 g/mol. The molecule has 6 nitrogen and oxygen atoms in total. The Balaban J connectivity index is 1.61. The molecule has 1 saturated carbocycles. The third-order valence-corrected chi connectivity index (χ3v) is 15.3. The van der Waals surface area contributed by atoms with Crippen LogP contribution in [0, 0.1) is 17.7 Å². The van der Waals surface area contributed by atoms with E-state index in [1.807, 2.05) is 18.2 Å². The van der Waals surface area contributed by atoms with Crippen LogP contribution in [0.5, 0.6) is 0 Å². The van der Waals surface area contributed by atoms with Crippen LogP contribution >= 0.6 is 0 Å². The van der Waals surface area contributed by atoms with Gasteiger partial charge in [0.1, 0.15) is 5.82 Å². The Morgan fingerprint density at radius 3 is 2.19 bits per heavy atom. The highest BCUT2D eigenvalue weighted by atomic mass is 28.4. The standard InChI is InChI=1S/C40H51FO6Si/c1-5-44-37(43)20-14-19-35-34(28-46-48(39(2,3)4,32-15-8-6-9-16-32)33-17-10-7-11-18-33)36(47-38-21-12-13-26-45-38)27-40(35,29-42)30-22-24-31(41)25-23-30/h6-11,14-18,20,22-25,34-36,38,42H,5,12-13,19,21,26-29H2,1-4H3/b20-14-. The molecular formula is C40H51FO6Si. The number of aliphatic hydroxyl groups excluding tert-OH is 1. The van der Waals surface area contributed by atoms with E-state index in [0.717, 1.165) is 24.8 Å². The van der Waals surface area contributed by atoms with E-state index in [0.29, 0.717) is 26.1 Å². The fourth-order valence-corrected chi connectivity index (χ4v) is 12.6. The lowest BCUT2D eigenvalue weighted by Crippen LogP contribution is -2.67. The second-order valence-electron chi connectivity index (χ2n) is 14.1. The summed E-state index contributed by atoms with van der Waals surface area (Å²) in [7, 11) is -2.92. The van der Waals surface area contributed by atoms with Gasteiger partial charge in [-0.25, -0.2) is 9.18 Å². The molecule has 1 aliphatic heterocycles. The molecule has 3 aromatic carbocycles. The molecule has 0 bridgehead atoms. The number of benzene rings is 3. The van der Waals surface area contributed by atoms with Gasteiger partial charge in [-0.3, -0.25) is 0 Å². The molecule has 0 amide bonds. The van der Waals surface area contributed by atoms with Crippen molar-refractivity contribution in [3.8, 4) is 0 Å². The van der Waals surface area contributed by atoms with Crippen LogP contribution in [-0.4, -0.2) is 58.2 Å². The predicted molar refractivity (Wildman–Crippen MR) is 189 cm³/mol. The maximum Gasteiger partial charge on any atom is 0.330 e. The van der Waals surface area contributed by atoms with Gasteiger partial charge in [-0.15, -0.1) is 0 Å². The number of carbonyl (C=O) groups is 1. The smallest absolute Gasteiger partial charge is 0.330 e. The number of halogens is 1. The summed E-state index contributed by atoms with van der Waals surface area (Å²) in [6.45, 7) is 9.69. The van der Waals surface area contributed by atoms with Gasteiger partial charge in [0, 0.05) is 30.6 Å². The normalized spacial score (nSPS) is 25.0. The first-order chi connectivity index (χ1) is 23.1. The first kappa shape index (κ1) is 36.1. The first-order valence-corrected chi connectivity index (χ1v) is 19.3. The lowest BCUT2D eigenvalue weighted by Gasteiger charge is -2.44. The number of esters is 1. The van der Waals surface area contributed by atoms with Gasteiger partial charge in [0.25, 0.3) is 8.32 Å². The third kappa shape index (κ3) is 7.68. The molecular weight excluding hydrogens is 624 g/mol. The van der Waals surface area contributed by atoms with Gasteiger partial charge < -0.3 is 23.7 Å². The van der Waals surface area contributed by atoms with Gasteiger partial charge >= 0.3 is 5.97 Å². The third-order valence-electron chi connectivity index (χ3n) is 10.3. The van der Waals surface area contributed by atoms with Crippen LogP contribution in [0.4, 0.5) is 4.39 Å². The highest BCUT2D eigenvalue weighted by Gasteiger charge is 2.57. The molecule has 0 radical (unpaired) electrons. The van der Waals surface area contributed by atoms with Crippen LogP contribution in [0.25, 0.3) is 0 Å². The summed E-state index contributed by atoms with van der Waals surface area (Å²) in [6.07, 6.45) is 6.44. The number of carbonyl (C=O) groups excluding carboxylic acids is 1. The van der Waals surface area contributed by atoms with Crippen molar-refractivity contribution >= 4 is 24.7 Å². The van der Waals surface area contributed by atoms with Crippen molar-refractivity contribution in [2.24, 2.45) is 11.8 Å². The Bertz CT molecular complexity index is 1430. The van der Waals surface area contributed by atoms with E-state index in [1.165, 1.54) is 28.6 Å². The number of rotatable bonds is 13. The monoisotopic (exact) mass is 674 g/mol. The fraction of sp³-hybridized carbons (Fsp3) is 0.475. The van der Waals surface area contributed by atoms with Crippen LogP contribution in [0.3, 0.4) is 0 Å². The van der Waals surface area contributed by atoms with E-state index in [1.54, 1.807) is 19.1 Å². The Hall–Kier alpha value is -3.14. The number of allylic oxidation sites excluding steroid dienone is 1. The average Bonchev–Trinajstić information content (AvgIpc) is 3.38. The zero-order valence-electron chi connectivity index (χ0n) is 28.8.